The minimum absolute atomic E-state index is 0.0227. The van der Waals surface area contributed by atoms with Gasteiger partial charge in [-0.1, -0.05) is 0 Å². The van der Waals surface area contributed by atoms with Crippen LogP contribution in [0.4, 0.5) is 0 Å². The molecule has 1 N–H and O–H groups in total. The number of hydrogen-bond donors (Lipinski definition) is 1. The molecule has 0 heterocycles. The minimum atomic E-state index is -0.731. The Morgan fingerprint density at radius 3 is 2.17 bits per heavy atom. The Labute approximate surface area is 107 Å². The van der Waals surface area contributed by atoms with Gasteiger partial charge in [-0.3, -0.25) is 9.59 Å². The average Bonchev–Trinajstić information content (AvgIpc) is 3.24. The zero-order valence-electron chi connectivity index (χ0n) is 10.7. The number of carboxylic acids is 1. The molecule has 0 bridgehead atoms. The van der Waals surface area contributed by atoms with Crippen molar-refractivity contribution in [2.75, 3.05) is 6.54 Å². The van der Waals surface area contributed by atoms with E-state index >= 15 is 0 Å². The third-order valence-electron chi connectivity index (χ3n) is 4.55. The maximum absolute atomic E-state index is 12.5. The second-order valence-corrected chi connectivity index (χ2v) is 6.21. The molecule has 3 saturated carbocycles. The normalized spacial score (nSPS) is 31.3. The summed E-state index contributed by atoms with van der Waals surface area (Å²) in [6.07, 6.45) is 6.82. The molecule has 18 heavy (non-hydrogen) atoms. The first-order valence-corrected chi connectivity index (χ1v) is 7.18. The Kier molecular flexibility index (Phi) is 3.04. The van der Waals surface area contributed by atoms with Gasteiger partial charge in [0.1, 0.15) is 0 Å². The van der Waals surface area contributed by atoms with Crippen LogP contribution in [0.1, 0.15) is 44.9 Å². The number of amides is 1. The van der Waals surface area contributed by atoms with Crippen LogP contribution < -0.4 is 0 Å². The summed E-state index contributed by atoms with van der Waals surface area (Å²) in [5, 5.41) is 9.00. The first-order chi connectivity index (χ1) is 8.65. The van der Waals surface area contributed by atoms with Crippen LogP contribution in [0.2, 0.25) is 0 Å². The van der Waals surface area contributed by atoms with Gasteiger partial charge >= 0.3 is 5.97 Å². The predicted octanol–water partition coefficient (Wildman–Crippen LogP) is 1.89. The monoisotopic (exact) mass is 251 g/mol. The summed E-state index contributed by atoms with van der Waals surface area (Å²) >= 11 is 0. The van der Waals surface area contributed by atoms with Gasteiger partial charge in [-0.2, -0.15) is 0 Å². The van der Waals surface area contributed by atoms with Gasteiger partial charge in [0.05, 0.1) is 5.92 Å². The van der Waals surface area contributed by atoms with Crippen molar-refractivity contribution < 1.29 is 14.7 Å². The van der Waals surface area contributed by atoms with Crippen molar-refractivity contribution in [2.45, 2.75) is 51.0 Å². The lowest BCUT2D eigenvalue weighted by molar-refractivity contribution is -0.141. The van der Waals surface area contributed by atoms with Gasteiger partial charge in [0.25, 0.3) is 0 Å². The highest BCUT2D eigenvalue weighted by Gasteiger charge is 2.41. The molecule has 0 aromatic heterocycles. The van der Waals surface area contributed by atoms with E-state index in [0.717, 1.165) is 31.7 Å². The molecule has 0 spiro atoms. The van der Waals surface area contributed by atoms with E-state index in [1.165, 1.54) is 12.8 Å². The van der Waals surface area contributed by atoms with Crippen LogP contribution in [0.3, 0.4) is 0 Å². The SMILES string of the molecule is O=C(O)C1CCC(C(=O)N(CC2CC2)C2CC2)C1. The van der Waals surface area contributed by atoms with Crippen LogP contribution in [0, 0.1) is 17.8 Å². The first kappa shape index (κ1) is 12.0. The van der Waals surface area contributed by atoms with Crippen LogP contribution in [0.25, 0.3) is 0 Å². The zero-order chi connectivity index (χ0) is 12.7. The lowest BCUT2D eigenvalue weighted by Crippen LogP contribution is -2.38. The highest BCUT2D eigenvalue weighted by atomic mass is 16.4. The predicted molar refractivity (Wildman–Crippen MR) is 65.9 cm³/mol. The summed E-state index contributed by atoms with van der Waals surface area (Å²) in [5.74, 6) is -0.0729. The third kappa shape index (κ3) is 2.52. The molecule has 3 fully saturated rings. The van der Waals surface area contributed by atoms with Crippen molar-refractivity contribution in [3.63, 3.8) is 0 Å². The Bertz CT molecular complexity index is 360. The molecule has 4 nitrogen and oxygen atoms in total. The molecule has 0 aromatic carbocycles. The molecular formula is C14H21NO3. The summed E-state index contributed by atoms with van der Waals surface area (Å²) in [4.78, 5) is 25.5. The molecule has 0 aliphatic heterocycles. The molecule has 0 saturated heterocycles. The lowest BCUT2D eigenvalue weighted by Gasteiger charge is -2.25. The maximum atomic E-state index is 12.5. The molecule has 2 unspecified atom stereocenters. The first-order valence-electron chi connectivity index (χ1n) is 7.18. The minimum Gasteiger partial charge on any atom is -0.481 e. The molecule has 100 valence electrons. The Morgan fingerprint density at radius 2 is 1.67 bits per heavy atom. The van der Waals surface area contributed by atoms with Crippen LogP contribution in [-0.4, -0.2) is 34.5 Å². The van der Waals surface area contributed by atoms with Gasteiger partial charge in [-0.15, -0.1) is 0 Å². The molecule has 1 amide bonds. The fraction of sp³-hybridized carbons (Fsp3) is 0.857. The van der Waals surface area contributed by atoms with E-state index in [9.17, 15) is 9.59 Å². The van der Waals surface area contributed by atoms with E-state index in [2.05, 4.69) is 4.90 Å². The van der Waals surface area contributed by atoms with E-state index < -0.39 is 5.97 Å². The molecule has 0 radical (unpaired) electrons. The highest BCUT2D eigenvalue weighted by molar-refractivity contribution is 5.81. The van der Waals surface area contributed by atoms with Crippen LogP contribution in [0.15, 0.2) is 0 Å². The number of hydrogen-bond acceptors (Lipinski definition) is 2. The third-order valence-corrected chi connectivity index (χ3v) is 4.55. The van der Waals surface area contributed by atoms with Crippen LogP contribution in [-0.2, 0) is 9.59 Å². The topological polar surface area (TPSA) is 57.6 Å². The number of carboxylic acid groups (broad SMARTS) is 1. The van der Waals surface area contributed by atoms with Gasteiger partial charge in [-0.05, 0) is 50.9 Å². The van der Waals surface area contributed by atoms with Crippen molar-refractivity contribution in [1.82, 2.24) is 4.90 Å². The quantitative estimate of drug-likeness (QED) is 0.811. The van der Waals surface area contributed by atoms with E-state index in [-0.39, 0.29) is 17.7 Å². The van der Waals surface area contributed by atoms with Crippen molar-refractivity contribution in [3.8, 4) is 0 Å². The van der Waals surface area contributed by atoms with Crippen molar-refractivity contribution in [3.05, 3.63) is 0 Å². The Morgan fingerprint density at radius 1 is 1.00 bits per heavy atom. The number of rotatable bonds is 5. The van der Waals surface area contributed by atoms with Crippen molar-refractivity contribution in [2.24, 2.45) is 17.8 Å². The van der Waals surface area contributed by atoms with Gasteiger partial charge in [0.2, 0.25) is 5.91 Å². The van der Waals surface area contributed by atoms with E-state index in [4.69, 9.17) is 5.11 Å². The van der Waals surface area contributed by atoms with Crippen molar-refractivity contribution >= 4 is 11.9 Å². The summed E-state index contributed by atoms with van der Waals surface area (Å²) in [7, 11) is 0. The molecule has 0 aromatic rings. The summed E-state index contributed by atoms with van der Waals surface area (Å²) in [6, 6.07) is 0.474. The zero-order valence-corrected chi connectivity index (χ0v) is 10.7. The molecule has 4 heteroatoms. The maximum Gasteiger partial charge on any atom is 0.306 e. The fourth-order valence-corrected chi connectivity index (χ4v) is 3.05. The molecule has 3 rings (SSSR count). The number of carbonyl (C=O) groups excluding carboxylic acids is 1. The van der Waals surface area contributed by atoms with Gasteiger partial charge in [0.15, 0.2) is 0 Å². The summed E-state index contributed by atoms with van der Waals surface area (Å²) < 4.78 is 0. The summed E-state index contributed by atoms with van der Waals surface area (Å²) in [5.41, 5.74) is 0. The lowest BCUT2D eigenvalue weighted by atomic mass is 10.0. The molecule has 3 aliphatic carbocycles. The number of nitrogens with zero attached hydrogens (tertiary/aromatic N) is 1. The largest absolute Gasteiger partial charge is 0.481 e. The van der Waals surface area contributed by atoms with E-state index in [1.54, 1.807) is 0 Å². The van der Waals surface area contributed by atoms with Gasteiger partial charge in [0, 0.05) is 18.5 Å². The second-order valence-electron chi connectivity index (χ2n) is 6.21. The number of aliphatic carboxylic acids is 1. The standard InChI is InChI=1S/C14H21NO3/c16-13(10-3-4-11(7-10)14(17)18)15(12-5-6-12)8-9-1-2-9/h9-12H,1-8H2,(H,17,18). The fourth-order valence-electron chi connectivity index (χ4n) is 3.05. The van der Waals surface area contributed by atoms with Crippen LogP contribution >= 0.6 is 0 Å². The van der Waals surface area contributed by atoms with Crippen LogP contribution in [0.5, 0.6) is 0 Å². The molecule has 2 atom stereocenters. The summed E-state index contributed by atoms with van der Waals surface area (Å²) in [6.45, 7) is 0.928. The van der Waals surface area contributed by atoms with Gasteiger partial charge < -0.3 is 10.0 Å². The average molecular weight is 251 g/mol. The highest BCUT2D eigenvalue weighted by Crippen LogP contribution is 2.38. The molecular weight excluding hydrogens is 230 g/mol. The second kappa shape index (κ2) is 4.56. The number of carbonyl (C=O) groups is 2. The Hall–Kier alpha value is -1.06. The Balaban J connectivity index is 1.59. The van der Waals surface area contributed by atoms with E-state index in [1.807, 2.05) is 0 Å². The smallest absolute Gasteiger partial charge is 0.306 e. The van der Waals surface area contributed by atoms with E-state index in [0.29, 0.717) is 18.9 Å². The molecule has 3 aliphatic rings. The van der Waals surface area contributed by atoms with Crippen molar-refractivity contribution in [1.29, 1.82) is 0 Å². The van der Waals surface area contributed by atoms with Gasteiger partial charge in [-0.25, -0.2) is 0 Å².